The molecule has 0 saturated carbocycles. The highest BCUT2D eigenvalue weighted by atomic mass is 16.6. The van der Waals surface area contributed by atoms with Gasteiger partial charge in [0.15, 0.2) is 0 Å². The fraction of sp³-hybridized carbons (Fsp3) is 0.0952. The molecule has 146 valence electrons. The van der Waals surface area contributed by atoms with Gasteiger partial charge in [0, 0.05) is 17.8 Å². The monoisotopic (exact) mass is 391 g/mol. The zero-order valence-corrected chi connectivity index (χ0v) is 15.4. The van der Waals surface area contributed by atoms with Crippen molar-refractivity contribution in [2.24, 2.45) is 0 Å². The molecule has 0 aliphatic heterocycles. The number of pyridine rings is 1. The van der Waals surface area contributed by atoms with E-state index in [1.165, 1.54) is 24.4 Å². The number of nitrogens with zero attached hydrogens (tertiary/aromatic N) is 2. The van der Waals surface area contributed by atoms with Gasteiger partial charge in [0.2, 0.25) is 6.10 Å². The second kappa shape index (κ2) is 8.75. The molecule has 29 heavy (non-hydrogen) atoms. The van der Waals surface area contributed by atoms with Gasteiger partial charge in [-0.2, -0.15) is 0 Å². The van der Waals surface area contributed by atoms with Crippen LogP contribution in [0.3, 0.4) is 0 Å². The summed E-state index contributed by atoms with van der Waals surface area (Å²) < 4.78 is 5.40. The fourth-order valence-corrected chi connectivity index (χ4v) is 2.65. The van der Waals surface area contributed by atoms with Crippen LogP contribution in [0.5, 0.6) is 0 Å². The molecule has 0 fully saturated rings. The first-order chi connectivity index (χ1) is 14.0. The maximum Gasteiger partial charge on any atom is 0.358 e. The van der Waals surface area contributed by atoms with Crippen LogP contribution >= 0.6 is 0 Å². The van der Waals surface area contributed by atoms with Gasteiger partial charge in [-0.1, -0.05) is 42.5 Å². The minimum Gasteiger partial charge on any atom is -0.443 e. The number of amides is 1. The van der Waals surface area contributed by atoms with Crippen LogP contribution in [-0.2, 0) is 9.53 Å². The molecule has 0 saturated heterocycles. The number of nitro groups is 1. The van der Waals surface area contributed by atoms with Crippen LogP contribution in [-0.4, -0.2) is 21.8 Å². The Bertz CT molecular complexity index is 1040. The number of nitrogens with one attached hydrogen (secondary N) is 1. The average molecular weight is 391 g/mol. The predicted octanol–water partition coefficient (Wildman–Crippen LogP) is 3.84. The fourth-order valence-electron chi connectivity index (χ4n) is 2.65. The van der Waals surface area contributed by atoms with E-state index in [1.807, 2.05) is 0 Å². The molecule has 1 heterocycles. The van der Waals surface area contributed by atoms with E-state index >= 15 is 0 Å². The van der Waals surface area contributed by atoms with Crippen LogP contribution < -0.4 is 5.32 Å². The summed E-state index contributed by atoms with van der Waals surface area (Å²) >= 11 is 0. The first-order valence-electron chi connectivity index (χ1n) is 8.68. The molecule has 0 aliphatic carbocycles. The van der Waals surface area contributed by atoms with Gasteiger partial charge in [-0.15, -0.1) is 0 Å². The molecule has 8 heteroatoms. The smallest absolute Gasteiger partial charge is 0.358 e. The standard InChI is InChI=1S/C21H17N3O5/c1-14-10-11-16(18(13-14)24(27)28)23-20(25)19(15-7-3-2-4-8-15)29-21(26)17-9-5-6-12-22-17/h2-13,19H,1H3,(H,23,25). The molecule has 1 aromatic heterocycles. The van der Waals surface area contributed by atoms with Crippen molar-refractivity contribution in [3.8, 4) is 0 Å². The Kier molecular flexibility index (Phi) is 5.94. The Hall–Kier alpha value is -4.07. The van der Waals surface area contributed by atoms with Crippen LogP contribution in [0.2, 0.25) is 0 Å². The lowest BCUT2D eigenvalue weighted by molar-refractivity contribution is -0.384. The van der Waals surface area contributed by atoms with Crippen molar-refractivity contribution < 1.29 is 19.2 Å². The summed E-state index contributed by atoms with van der Waals surface area (Å²) in [5.41, 5.74) is 0.907. The highest BCUT2D eigenvalue weighted by Crippen LogP contribution is 2.28. The first-order valence-corrected chi connectivity index (χ1v) is 8.68. The lowest BCUT2D eigenvalue weighted by Gasteiger charge is -2.18. The molecule has 8 nitrogen and oxygen atoms in total. The van der Waals surface area contributed by atoms with Gasteiger partial charge >= 0.3 is 5.97 Å². The Balaban J connectivity index is 1.90. The molecule has 1 atom stereocenters. The number of anilines is 1. The van der Waals surface area contributed by atoms with E-state index in [-0.39, 0.29) is 17.1 Å². The van der Waals surface area contributed by atoms with E-state index in [2.05, 4.69) is 10.3 Å². The summed E-state index contributed by atoms with van der Waals surface area (Å²) in [6.07, 6.45) is 0.121. The Morgan fingerprint density at radius 3 is 2.45 bits per heavy atom. The summed E-state index contributed by atoms with van der Waals surface area (Å²) in [5.74, 6) is -1.50. The van der Waals surface area contributed by atoms with Gasteiger partial charge in [-0.3, -0.25) is 14.9 Å². The van der Waals surface area contributed by atoms with Gasteiger partial charge < -0.3 is 10.1 Å². The maximum absolute atomic E-state index is 12.9. The molecule has 0 radical (unpaired) electrons. The molecule has 2 aromatic carbocycles. The molecule has 1 N–H and O–H groups in total. The van der Waals surface area contributed by atoms with Crippen molar-refractivity contribution in [2.45, 2.75) is 13.0 Å². The third-order valence-corrected chi connectivity index (χ3v) is 4.05. The summed E-state index contributed by atoms with van der Waals surface area (Å²) in [6.45, 7) is 1.71. The third kappa shape index (κ3) is 4.81. The minimum absolute atomic E-state index is 0.0143. The topological polar surface area (TPSA) is 111 Å². The van der Waals surface area contributed by atoms with Crippen molar-refractivity contribution in [3.63, 3.8) is 0 Å². The Morgan fingerprint density at radius 2 is 1.79 bits per heavy atom. The van der Waals surface area contributed by atoms with E-state index in [1.54, 1.807) is 55.5 Å². The number of hydrogen-bond acceptors (Lipinski definition) is 6. The molecule has 1 unspecified atom stereocenters. The van der Waals surface area contributed by atoms with Gasteiger partial charge in [0.25, 0.3) is 11.6 Å². The Morgan fingerprint density at radius 1 is 1.07 bits per heavy atom. The number of ether oxygens (including phenoxy) is 1. The SMILES string of the molecule is Cc1ccc(NC(=O)C(OC(=O)c2ccccn2)c2ccccc2)c([N+](=O)[O-])c1. The van der Waals surface area contributed by atoms with Crippen LogP contribution in [0.1, 0.15) is 27.7 Å². The number of aryl methyl sites for hydroxylation is 1. The lowest BCUT2D eigenvalue weighted by Crippen LogP contribution is -2.26. The van der Waals surface area contributed by atoms with Crippen LogP contribution in [0.15, 0.2) is 72.9 Å². The number of rotatable bonds is 6. The number of aromatic nitrogens is 1. The zero-order valence-electron chi connectivity index (χ0n) is 15.4. The molecular weight excluding hydrogens is 374 g/mol. The second-order valence-electron chi connectivity index (χ2n) is 6.18. The molecule has 0 spiro atoms. The zero-order chi connectivity index (χ0) is 20.8. The molecular formula is C21H17N3O5. The highest BCUT2D eigenvalue weighted by Gasteiger charge is 2.28. The van der Waals surface area contributed by atoms with Gasteiger partial charge in [0.1, 0.15) is 11.4 Å². The van der Waals surface area contributed by atoms with Gasteiger partial charge in [-0.25, -0.2) is 9.78 Å². The summed E-state index contributed by atoms with van der Waals surface area (Å²) in [6, 6.07) is 17.6. The quantitative estimate of drug-likeness (QED) is 0.388. The van der Waals surface area contributed by atoms with E-state index < -0.39 is 22.9 Å². The maximum atomic E-state index is 12.9. The van der Waals surface area contributed by atoms with Gasteiger partial charge in [-0.05, 0) is 30.7 Å². The van der Waals surface area contributed by atoms with Crippen LogP contribution in [0.4, 0.5) is 11.4 Å². The molecule has 1 amide bonds. The first kappa shape index (κ1) is 19.7. The number of benzene rings is 2. The number of carbonyl (C=O) groups is 2. The molecule has 3 aromatic rings. The summed E-state index contributed by atoms with van der Waals surface area (Å²) in [7, 11) is 0. The third-order valence-electron chi connectivity index (χ3n) is 4.05. The van der Waals surface area contributed by atoms with E-state index in [0.717, 1.165) is 0 Å². The van der Waals surface area contributed by atoms with Gasteiger partial charge in [0.05, 0.1) is 4.92 Å². The second-order valence-corrected chi connectivity index (χ2v) is 6.18. The Labute approximate surface area is 166 Å². The van der Waals surface area contributed by atoms with Crippen molar-refractivity contribution in [1.29, 1.82) is 0 Å². The van der Waals surface area contributed by atoms with E-state index in [0.29, 0.717) is 11.1 Å². The molecule has 0 bridgehead atoms. The lowest BCUT2D eigenvalue weighted by atomic mass is 10.1. The van der Waals surface area contributed by atoms with Crippen molar-refractivity contribution >= 4 is 23.3 Å². The normalized spacial score (nSPS) is 11.3. The largest absolute Gasteiger partial charge is 0.443 e. The van der Waals surface area contributed by atoms with Crippen molar-refractivity contribution in [2.75, 3.05) is 5.32 Å². The number of nitro benzene ring substituents is 1. The highest BCUT2D eigenvalue weighted by molar-refractivity contribution is 5.99. The van der Waals surface area contributed by atoms with Crippen molar-refractivity contribution in [1.82, 2.24) is 4.98 Å². The predicted molar refractivity (Wildman–Crippen MR) is 105 cm³/mol. The van der Waals surface area contributed by atoms with E-state index in [4.69, 9.17) is 4.74 Å². The molecule has 3 rings (SSSR count). The number of hydrogen-bond donors (Lipinski definition) is 1. The van der Waals surface area contributed by atoms with Crippen molar-refractivity contribution in [3.05, 3.63) is 99.9 Å². The molecule has 0 aliphatic rings. The average Bonchev–Trinajstić information content (AvgIpc) is 2.74. The van der Waals surface area contributed by atoms with E-state index in [9.17, 15) is 19.7 Å². The minimum atomic E-state index is -1.31. The number of esters is 1. The number of carbonyl (C=O) groups excluding carboxylic acids is 2. The summed E-state index contributed by atoms with van der Waals surface area (Å²) in [4.78, 5) is 40.0. The van der Waals surface area contributed by atoms with Crippen LogP contribution in [0, 0.1) is 17.0 Å². The van der Waals surface area contributed by atoms with Crippen LogP contribution in [0.25, 0.3) is 0 Å². The summed E-state index contributed by atoms with van der Waals surface area (Å²) in [5, 5.41) is 13.8.